The largest absolute Gasteiger partial charge is 0.469 e. The van der Waals surface area contributed by atoms with Gasteiger partial charge in [0.1, 0.15) is 195 Å². The SMILES string of the molecule is CC(=O)N[C@H]1[C@H](O[C@H]2[C@H](O)[C@@H](NC(C)=O)C(O)O[C@@H]2CO)O[C@H](CO)[C@@H](O[C@@H]2O[C@H](CO[C@H]3O[C@H](CO[C@H]4O[C@H](CO)[C@@H](O)[C@H](O)[C@@H]4O)[C@@H](O)[C@H](O[C@H]4O[C@H](CO)[C@@H](O)[C@H](O)[C@@H]4O)[C@@H]3O)[C@@H](O)[C@H](O[C@H]3O[C@H](CO)[C@@H](O)[C@H](O)[C@@H]3O[C@H]3O[C@H](COP(=O)(O)O)[C@@H](O)[C@H](O)[C@@H]3O)[C@@H]2O)[C@@H]1O. The van der Waals surface area contributed by atoms with Crippen molar-refractivity contribution in [2.45, 2.75) is 259 Å². The molecule has 0 aromatic carbocycles. The Morgan fingerprint density at radius 2 is 0.626 bits per heavy atom. The molecule has 99 heavy (non-hydrogen) atoms. The predicted octanol–water partition coefficient (Wildman–Crippen LogP) is -18.0. The van der Waals surface area contributed by atoms with Gasteiger partial charge in [-0.15, -0.1) is 0 Å². The molecule has 40 atom stereocenters. The molecule has 27 N–H and O–H groups in total. The number of aliphatic hydroxyl groups is 23. The van der Waals surface area contributed by atoms with Gasteiger partial charge in [-0.2, -0.15) is 0 Å². The number of ether oxygens (including phenoxy) is 15. The minimum Gasteiger partial charge on any atom is -0.394 e. The first kappa shape index (κ1) is 82.2. The molecule has 8 saturated heterocycles. The molecule has 0 aromatic heterocycles. The second kappa shape index (κ2) is 35.3. The summed E-state index contributed by atoms with van der Waals surface area (Å²) in [6, 6.07) is -3.54. The Balaban J connectivity index is 1.13. The van der Waals surface area contributed by atoms with Crippen molar-refractivity contribution < 1.29 is 217 Å². The van der Waals surface area contributed by atoms with E-state index >= 15 is 0 Å². The maximum absolute atomic E-state index is 12.9. The van der Waals surface area contributed by atoms with Gasteiger partial charge in [-0.25, -0.2) is 4.57 Å². The number of carbonyl (C=O) groups is 2. The number of nitrogens with one attached hydrogen (secondary N) is 2. The zero-order chi connectivity index (χ0) is 73.1. The van der Waals surface area contributed by atoms with Gasteiger partial charge < -0.3 is 209 Å². The van der Waals surface area contributed by atoms with Gasteiger partial charge in [0, 0.05) is 13.8 Å². The summed E-state index contributed by atoms with van der Waals surface area (Å²) in [6.45, 7) is -6.72. The Kier molecular flexibility index (Phi) is 29.3. The zero-order valence-electron chi connectivity index (χ0n) is 52.1. The van der Waals surface area contributed by atoms with Gasteiger partial charge in [0.25, 0.3) is 0 Å². The Bertz CT molecular complexity index is 2580. The van der Waals surface area contributed by atoms with E-state index in [9.17, 15) is 141 Å². The highest BCUT2D eigenvalue weighted by molar-refractivity contribution is 7.46. The molecule has 47 heteroatoms. The number of amides is 2. The van der Waals surface area contributed by atoms with Crippen LogP contribution in [-0.2, 0) is 89.7 Å². The highest BCUT2D eigenvalue weighted by atomic mass is 31.2. The molecule has 8 aliphatic rings. The fraction of sp³-hybridized carbons (Fsp3) is 0.962. The molecular weight excluding hydrogens is 1390 g/mol. The summed E-state index contributed by atoms with van der Waals surface area (Å²) >= 11 is 0. The molecule has 0 bridgehead atoms. The summed E-state index contributed by atoms with van der Waals surface area (Å²) in [5.41, 5.74) is 0. The third-order valence-corrected chi connectivity index (χ3v) is 18.1. The van der Waals surface area contributed by atoms with Crippen LogP contribution in [0.2, 0.25) is 0 Å². The third-order valence-electron chi connectivity index (χ3n) is 17.7. The zero-order valence-corrected chi connectivity index (χ0v) is 53.0. The van der Waals surface area contributed by atoms with E-state index in [1.54, 1.807) is 0 Å². The number of aliphatic hydroxyl groups excluding tert-OH is 23. The standard InChI is InChI=1S/C52H89N2O44P/c1-11(60)53-21-29(68)40(16(6-58)86-45(21)79)94-46-22(54-12(2)61)30(69)41(17(7-59)90-46)95-51-39(78)43(97-52-44(34(73)25(64)15(5-57)89-52)98-50-37(76)33(72)26(65)20(93-50)10-85-99(80,81)82)28(67)19(92-51)9-84-48-38(77)42(96-49-36(75)32(71)24(63)14(4-56)88-49)27(66)18(91-48)8-83-47-35(74)31(70)23(62)13(3-55)87-47/h13-52,55-59,62-79H,3-10H2,1-2H3,(H,53,60)(H,54,61)(H2,80,81,82)/t13-,14-,15-,16-,17-,18-,19-,20-,21-,22-,23-,24-,25-,26-,27-,28-,29-,30-,31+,32+,33+,34+,35+,36+,37+,38+,39+,40-,41-,42+,43+,44+,45?,46+,47+,48+,49-,50-,51+,52-/m1/s1. The number of phosphoric acid groups is 1. The molecule has 8 rings (SSSR count). The van der Waals surface area contributed by atoms with Crippen LogP contribution in [0.15, 0.2) is 0 Å². The molecular formula is C52H89N2O44P. The molecule has 0 radical (unpaired) electrons. The second-order valence-corrected chi connectivity index (χ2v) is 25.8. The van der Waals surface area contributed by atoms with Crippen molar-refractivity contribution >= 4 is 19.6 Å². The topological polar surface area (TPSA) is 729 Å². The average molecular weight is 1480 g/mol. The van der Waals surface area contributed by atoms with Gasteiger partial charge in [-0.3, -0.25) is 14.1 Å². The maximum Gasteiger partial charge on any atom is 0.469 e. The molecule has 46 nitrogen and oxygen atoms in total. The molecule has 8 fully saturated rings. The fourth-order valence-electron chi connectivity index (χ4n) is 12.2. The van der Waals surface area contributed by atoms with Crippen molar-refractivity contribution in [2.75, 3.05) is 52.9 Å². The molecule has 0 spiro atoms. The van der Waals surface area contributed by atoms with E-state index in [1.165, 1.54) is 0 Å². The maximum atomic E-state index is 12.9. The number of hydrogen-bond acceptors (Lipinski definition) is 42. The van der Waals surface area contributed by atoms with E-state index in [0.29, 0.717) is 0 Å². The lowest BCUT2D eigenvalue weighted by Crippen LogP contribution is -2.70. The Morgan fingerprint density at radius 1 is 0.313 bits per heavy atom. The van der Waals surface area contributed by atoms with E-state index in [-0.39, 0.29) is 0 Å². The van der Waals surface area contributed by atoms with Gasteiger partial charge in [-0.1, -0.05) is 0 Å². The van der Waals surface area contributed by atoms with Crippen molar-refractivity contribution in [3.05, 3.63) is 0 Å². The van der Waals surface area contributed by atoms with Crippen LogP contribution in [0.5, 0.6) is 0 Å². The number of phosphoric ester groups is 1. The van der Waals surface area contributed by atoms with E-state index in [4.69, 9.17) is 71.1 Å². The lowest BCUT2D eigenvalue weighted by atomic mass is 9.94. The van der Waals surface area contributed by atoms with Crippen LogP contribution >= 0.6 is 7.82 Å². The normalized spacial score (nSPS) is 49.4. The molecule has 576 valence electrons. The Morgan fingerprint density at radius 3 is 1.10 bits per heavy atom. The van der Waals surface area contributed by atoms with Gasteiger partial charge in [0.15, 0.2) is 50.3 Å². The van der Waals surface area contributed by atoms with Crippen LogP contribution in [0.1, 0.15) is 13.8 Å². The number of rotatable bonds is 26. The van der Waals surface area contributed by atoms with Crippen molar-refractivity contribution in [1.29, 1.82) is 0 Å². The summed E-state index contributed by atoms with van der Waals surface area (Å²) < 4.78 is 103. The lowest BCUT2D eigenvalue weighted by molar-refractivity contribution is -0.399. The first-order chi connectivity index (χ1) is 46.6. The van der Waals surface area contributed by atoms with Gasteiger partial charge in [0.2, 0.25) is 11.8 Å². The Hall–Kier alpha value is -2.47. The quantitative estimate of drug-likeness (QED) is 0.0358. The summed E-state index contributed by atoms with van der Waals surface area (Å²) in [7, 11) is -5.33. The van der Waals surface area contributed by atoms with Crippen molar-refractivity contribution in [3.63, 3.8) is 0 Å². The first-order valence-electron chi connectivity index (χ1n) is 30.9. The summed E-state index contributed by atoms with van der Waals surface area (Å²) in [5.74, 6) is -1.72. The van der Waals surface area contributed by atoms with Crippen LogP contribution in [-0.4, -0.2) is 437 Å². The first-order valence-corrected chi connectivity index (χ1v) is 32.4. The van der Waals surface area contributed by atoms with E-state index < -0.39 is 318 Å². The third kappa shape index (κ3) is 18.7. The molecule has 8 aliphatic heterocycles. The number of hydrogen-bond donors (Lipinski definition) is 27. The van der Waals surface area contributed by atoms with Gasteiger partial charge >= 0.3 is 7.82 Å². The summed E-state index contributed by atoms with van der Waals surface area (Å²) in [5, 5.41) is 257. The lowest BCUT2D eigenvalue weighted by Gasteiger charge is -2.50. The highest BCUT2D eigenvalue weighted by Gasteiger charge is 2.59. The minimum absolute atomic E-state index is 0.782. The molecule has 1 unspecified atom stereocenters. The predicted molar refractivity (Wildman–Crippen MR) is 299 cm³/mol. The van der Waals surface area contributed by atoms with Gasteiger partial charge in [0.05, 0.1) is 52.9 Å². The highest BCUT2D eigenvalue weighted by Crippen LogP contribution is 2.40. The van der Waals surface area contributed by atoms with Crippen LogP contribution in [0.3, 0.4) is 0 Å². The monoisotopic (exact) mass is 1480 g/mol. The van der Waals surface area contributed by atoms with Gasteiger partial charge in [-0.05, 0) is 0 Å². The van der Waals surface area contributed by atoms with Crippen LogP contribution in [0.4, 0.5) is 0 Å². The minimum atomic E-state index is -5.33. The van der Waals surface area contributed by atoms with Crippen molar-refractivity contribution in [1.82, 2.24) is 10.6 Å². The van der Waals surface area contributed by atoms with E-state index in [1.807, 2.05) is 0 Å². The Labute approximate surface area is 558 Å². The van der Waals surface area contributed by atoms with Crippen LogP contribution < -0.4 is 10.6 Å². The van der Waals surface area contributed by atoms with E-state index in [2.05, 4.69) is 15.2 Å². The average Bonchev–Trinajstić information content (AvgIpc) is 0.766. The molecule has 8 heterocycles. The van der Waals surface area contributed by atoms with E-state index in [0.717, 1.165) is 13.8 Å². The molecule has 0 aromatic rings. The molecule has 2 amide bonds. The fourth-order valence-corrected chi connectivity index (χ4v) is 12.6. The van der Waals surface area contributed by atoms with Crippen molar-refractivity contribution in [3.8, 4) is 0 Å². The van der Waals surface area contributed by atoms with Crippen LogP contribution in [0.25, 0.3) is 0 Å². The summed E-state index contributed by atoms with van der Waals surface area (Å²) in [4.78, 5) is 43.6. The molecule has 0 saturated carbocycles. The second-order valence-electron chi connectivity index (χ2n) is 24.5. The van der Waals surface area contributed by atoms with Crippen molar-refractivity contribution in [2.24, 2.45) is 0 Å². The molecule has 0 aliphatic carbocycles. The smallest absolute Gasteiger partial charge is 0.394 e. The number of carbonyl (C=O) groups excluding carboxylic acids is 2. The summed E-state index contributed by atoms with van der Waals surface area (Å²) in [6.07, 6.45) is -80.4. The van der Waals surface area contributed by atoms with Crippen LogP contribution in [0, 0.1) is 0 Å².